The van der Waals surface area contributed by atoms with Crippen molar-refractivity contribution in [2.24, 2.45) is 0 Å². The van der Waals surface area contributed by atoms with E-state index < -0.39 is 5.54 Å². The van der Waals surface area contributed by atoms with Crippen LogP contribution in [0.15, 0.2) is 30.5 Å². The van der Waals surface area contributed by atoms with Gasteiger partial charge in [0.2, 0.25) is 0 Å². The first-order chi connectivity index (χ1) is 11.1. The molecule has 1 fully saturated rings. The third-order valence-electron chi connectivity index (χ3n) is 4.51. The molecule has 0 bridgehead atoms. The minimum atomic E-state index is -1.27. The number of fused-ring (bicyclic) bond motifs is 1. The third kappa shape index (κ3) is 2.54. The highest BCUT2D eigenvalue weighted by Crippen LogP contribution is 2.31. The van der Waals surface area contributed by atoms with Crippen molar-refractivity contribution < 1.29 is 9.59 Å². The molecular weight excluding hydrogens is 292 g/mol. The molecular formula is C17H22N4O2. The van der Waals surface area contributed by atoms with E-state index >= 15 is 0 Å². The second-order valence-electron chi connectivity index (χ2n) is 6.10. The van der Waals surface area contributed by atoms with Crippen molar-refractivity contribution >= 4 is 23.1 Å². The first-order valence-electron chi connectivity index (χ1n) is 7.81. The van der Waals surface area contributed by atoms with Crippen LogP contribution in [0.2, 0.25) is 0 Å². The molecule has 2 heterocycles. The molecule has 6 nitrogen and oxygen atoms in total. The first kappa shape index (κ1) is 15.7. The van der Waals surface area contributed by atoms with Crippen LogP contribution in [-0.4, -0.2) is 67.3 Å². The SMILES string of the molecule is CN(C)C(=O)C(C=O)(c1ccc2cc[nH]c2c1)N1CCNCC1. The number of rotatable bonds is 4. The van der Waals surface area contributed by atoms with Gasteiger partial charge in [0, 0.05) is 52.0 Å². The van der Waals surface area contributed by atoms with Gasteiger partial charge < -0.3 is 20.0 Å². The predicted octanol–water partition coefficient (Wildman–Crippen LogP) is 0.555. The van der Waals surface area contributed by atoms with E-state index in [-0.39, 0.29) is 5.91 Å². The van der Waals surface area contributed by atoms with Gasteiger partial charge in [-0.1, -0.05) is 12.1 Å². The van der Waals surface area contributed by atoms with Crippen molar-refractivity contribution in [3.8, 4) is 0 Å². The summed E-state index contributed by atoms with van der Waals surface area (Å²) in [6, 6.07) is 7.71. The fourth-order valence-electron chi connectivity index (χ4n) is 3.28. The number of hydrogen-bond donors (Lipinski definition) is 2. The van der Waals surface area contributed by atoms with Crippen molar-refractivity contribution in [1.82, 2.24) is 20.1 Å². The highest BCUT2D eigenvalue weighted by Gasteiger charge is 2.47. The average molecular weight is 314 g/mol. The summed E-state index contributed by atoms with van der Waals surface area (Å²) in [6.07, 6.45) is 2.65. The lowest BCUT2D eigenvalue weighted by molar-refractivity contribution is -0.147. The molecule has 1 amide bonds. The number of amides is 1. The van der Waals surface area contributed by atoms with Crippen LogP contribution in [0.5, 0.6) is 0 Å². The molecule has 1 atom stereocenters. The summed E-state index contributed by atoms with van der Waals surface area (Å²) in [5.41, 5.74) is 0.365. The molecule has 1 aromatic heterocycles. The maximum atomic E-state index is 13.0. The Balaban J connectivity index is 2.15. The molecule has 0 spiro atoms. The normalized spacial score (nSPS) is 18.5. The van der Waals surface area contributed by atoms with Crippen LogP contribution in [0.1, 0.15) is 5.56 Å². The van der Waals surface area contributed by atoms with Crippen molar-refractivity contribution in [3.63, 3.8) is 0 Å². The molecule has 0 aliphatic carbocycles. The van der Waals surface area contributed by atoms with Crippen molar-refractivity contribution in [2.75, 3.05) is 40.3 Å². The topological polar surface area (TPSA) is 68.4 Å². The average Bonchev–Trinajstić information content (AvgIpc) is 3.04. The number of piperazine rings is 1. The van der Waals surface area contributed by atoms with Crippen LogP contribution in [0.4, 0.5) is 0 Å². The van der Waals surface area contributed by atoms with Crippen LogP contribution in [0.3, 0.4) is 0 Å². The quantitative estimate of drug-likeness (QED) is 0.639. The first-order valence-corrected chi connectivity index (χ1v) is 7.81. The maximum Gasteiger partial charge on any atom is 0.254 e. The van der Waals surface area contributed by atoms with E-state index in [9.17, 15) is 9.59 Å². The van der Waals surface area contributed by atoms with Crippen LogP contribution in [-0.2, 0) is 15.1 Å². The molecule has 0 radical (unpaired) electrons. The number of aldehydes is 1. The van der Waals surface area contributed by atoms with Gasteiger partial charge in [0.15, 0.2) is 11.8 Å². The minimum Gasteiger partial charge on any atom is -0.361 e. The largest absolute Gasteiger partial charge is 0.361 e. The summed E-state index contributed by atoms with van der Waals surface area (Å²) in [5, 5.41) is 4.33. The van der Waals surface area contributed by atoms with Crippen molar-refractivity contribution in [3.05, 3.63) is 36.0 Å². The number of nitrogens with zero attached hydrogens (tertiary/aromatic N) is 2. The molecule has 2 aromatic rings. The van der Waals surface area contributed by atoms with E-state index in [1.54, 1.807) is 14.1 Å². The Kier molecular flexibility index (Phi) is 4.19. The molecule has 0 saturated carbocycles. The van der Waals surface area contributed by atoms with Gasteiger partial charge in [-0.15, -0.1) is 0 Å². The standard InChI is InChI=1S/C17H22N4O2/c1-20(2)16(23)17(12-22,21-9-7-18-8-10-21)14-4-3-13-5-6-19-15(13)11-14/h3-6,11-12,18-19H,7-10H2,1-2H3. The number of benzene rings is 1. The van der Waals surface area contributed by atoms with Gasteiger partial charge >= 0.3 is 0 Å². The molecule has 3 rings (SSSR count). The number of likely N-dealkylation sites (N-methyl/N-ethyl adjacent to an activating group) is 1. The Morgan fingerprint density at radius 1 is 1.26 bits per heavy atom. The summed E-state index contributed by atoms with van der Waals surface area (Å²) >= 11 is 0. The minimum absolute atomic E-state index is 0.208. The lowest BCUT2D eigenvalue weighted by Gasteiger charge is -2.42. The Labute approximate surface area is 135 Å². The monoisotopic (exact) mass is 314 g/mol. The number of carbonyl (C=O) groups excluding carboxylic acids is 2. The molecule has 1 aliphatic heterocycles. The number of carbonyl (C=O) groups is 2. The van der Waals surface area contributed by atoms with E-state index in [1.165, 1.54) is 4.90 Å². The molecule has 1 aliphatic rings. The smallest absolute Gasteiger partial charge is 0.254 e. The highest BCUT2D eigenvalue weighted by atomic mass is 16.2. The van der Waals surface area contributed by atoms with E-state index in [2.05, 4.69) is 10.3 Å². The van der Waals surface area contributed by atoms with Gasteiger partial charge in [-0.2, -0.15) is 0 Å². The number of hydrogen-bond acceptors (Lipinski definition) is 4. The van der Waals surface area contributed by atoms with Crippen LogP contribution in [0.25, 0.3) is 10.9 Å². The zero-order valence-corrected chi connectivity index (χ0v) is 13.5. The summed E-state index contributed by atoms with van der Waals surface area (Å²) in [7, 11) is 3.38. The van der Waals surface area contributed by atoms with Gasteiger partial charge in [0.05, 0.1) is 0 Å². The predicted molar refractivity (Wildman–Crippen MR) is 89.2 cm³/mol. The van der Waals surface area contributed by atoms with Gasteiger partial charge in [0.1, 0.15) is 0 Å². The van der Waals surface area contributed by atoms with Crippen LogP contribution < -0.4 is 5.32 Å². The van der Waals surface area contributed by atoms with Gasteiger partial charge in [-0.05, 0) is 23.1 Å². The van der Waals surface area contributed by atoms with Crippen LogP contribution >= 0.6 is 0 Å². The van der Waals surface area contributed by atoms with E-state index in [0.29, 0.717) is 18.7 Å². The highest BCUT2D eigenvalue weighted by molar-refractivity contribution is 6.03. The van der Waals surface area contributed by atoms with Crippen molar-refractivity contribution in [2.45, 2.75) is 5.54 Å². The molecule has 1 unspecified atom stereocenters. The number of aromatic nitrogens is 1. The molecule has 6 heteroatoms. The molecule has 2 N–H and O–H groups in total. The Hall–Kier alpha value is -2.18. The fraction of sp³-hybridized carbons (Fsp3) is 0.412. The molecule has 23 heavy (non-hydrogen) atoms. The Bertz CT molecular complexity index is 718. The van der Waals surface area contributed by atoms with Gasteiger partial charge in [0.25, 0.3) is 5.91 Å². The summed E-state index contributed by atoms with van der Waals surface area (Å²) in [4.78, 5) is 31.8. The van der Waals surface area contributed by atoms with Gasteiger partial charge in [-0.25, -0.2) is 0 Å². The van der Waals surface area contributed by atoms with Crippen molar-refractivity contribution in [1.29, 1.82) is 0 Å². The van der Waals surface area contributed by atoms with E-state index in [1.807, 2.05) is 35.4 Å². The number of H-pyrrole nitrogens is 1. The number of nitrogens with one attached hydrogen (secondary N) is 2. The number of aromatic amines is 1. The lowest BCUT2D eigenvalue weighted by Crippen LogP contribution is -2.61. The van der Waals surface area contributed by atoms with E-state index in [0.717, 1.165) is 30.3 Å². The molecule has 122 valence electrons. The summed E-state index contributed by atoms with van der Waals surface area (Å²) < 4.78 is 0. The zero-order chi connectivity index (χ0) is 16.4. The lowest BCUT2D eigenvalue weighted by atomic mass is 9.86. The maximum absolute atomic E-state index is 13.0. The van der Waals surface area contributed by atoms with Crippen LogP contribution in [0, 0.1) is 0 Å². The Morgan fingerprint density at radius 2 is 2.00 bits per heavy atom. The Morgan fingerprint density at radius 3 is 2.65 bits per heavy atom. The second kappa shape index (κ2) is 6.14. The third-order valence-corrected chi connectivity index (χ3v) is 4.51. The summed E-state index contributed by atoms with van der Waals surface area (Å²) in [6.45, 7) is 2.84. The molecule has 1 aromatic carbocycles. The van der Waals surface area contributed by atoms with Gasteiger partial charge in [-0.3, -0.25) is 9.69 Å². The zero-order valence-electron chi connectivity index (χ0n) is 13.5. The summed E-state index contributed by atoms with van der Waals surface area (Å²) in [5.74, 6) is -0.208. The fourth-order valence-corrected chi connectivity index (χ4v) is 3.28. The molecule has 1 saturated heterocycles. The van der Waals surface area contributed by atoms with E-state index in [4.69, 9.17) is 0 Å². The second-order valence-corrected chi connectivity index (χ2v) is 6.10.